The maximum Gasteiger partial charge on any atom is 0.186 e. The number of allylic oxidation sites excluding steroid dienone is 6. The fraction of sp³-hybridized carbons (Fsp3) is 0.111. The Morgan fingerprint density at radius 1 is 0.522 bits per heavy atom. The highest BCUT2D eigenvalue weighted by Crippen LogP contribution is 2.68. The molecule has 2 atom stereocenters. The minimum Gasteiger partial charge on any atom is -0.495 e. The Balaban J connectivity index is 1.54. The van der Waals surface area contributed by atoms with Crippen molar-refractivity contribution in [3.8, 4) is 0 Å². The van der Waals surface area contributed by atoms with Crippen LogP contribution in [0.2, 0.25) is 0 Å². The Morgan fingerprint density at radius 3 is 1.28 bits per heavy atom. The van der Waals surface area contributed by atoms with E-state index in [0.717, 1.165) is 16.7 Å². The van der Waals surface area contributed by atoms with Gasteiger partial charge in [-0.2, -0.15) is 0 Å². The topological polar surface area (TPSA) is 97.7 Å². The van der Waals surface area contributed by atoms with E-state index in [0.29, 0.717) is 35.8 Å². The van der Waals surface area contributed by atoms with Crippen LogP contribution in [0.4, 0.5) is 0 Å². The molecule has 0 heterocycles. The summed E-state index contributed by atoms with van der Waals surface area (Å²) in [5.74, 6) is -2.32. The summed E-state index contributed by atoms with van der Waals surface area (Å²) >= 11 is 0. The van der Waals surface area contributed by atoms with Gasteiger partial charge in [-0.05, 0) is 107 Å². The van der Waals surface area contributed by atoms with Gasteiger partial charge in [-0.3, -0.25) is 19.2 Å². The van der Waals surface area contributed by atoms with Crippen LogP contribution in [0.5, 0.6) is 0 Å². The number of ketones is 3. The number of carbonyl (C=O) groups is 4. The van der Waals surface area contributed by atoms with E-state index in [-0.39, 0.29) is 40.2 Å². The molecular weight excluding hydrogens is 853 g/mol. The van der Waals surface area contributed by atoms with Crippen molar-refractivity contribution in [2.75, 3.05) is 6.61 Å². The first kappa shape index (κ1) is 47.2. The van der Waals surface area contributed by atoms with Crippen LogP contribution in [0.1, 0.15) is 53.1 Å². The first-order chi connectivity index (χ1) is 33.8. The Morgan fingerprint density at radius 2 is 0.884 bits per heavy atom. The van der Waals surface area contributed by atoms with E-state index in [4.69, 9.17) is 4.74 Å². The number of aliphatic hydroxyl groups is 1. The van der Waals surface area contributed by atoms with Gasteiger partial charge in [0.1, 0.15) is 5.76 Å². The average molecular weight is 905 g/mol. The van der Waals surface area contributed by atoms with E-state index < -0.39 is 34.3 Å². The molecule has 1 fully saturated rings. The molecule has 6 nitrogen and oxygen atoms in total. The Kier molecular flexibility index (Phi) is 15.0. The second kappa shape index (κ2) is 22.0. The predicted molar refractivity (Wildman–Crippen MR) is 278 cm³/mol. The molecule has 0 aliphatic heterocycles. The molecule has 0 bridgehead atoms. The highest BCUT2D eigenvalue weighted by atomic mass is 16.5. The molecule has 340 valence electrons. The second-order valence-corrected chi connectivity index (χ2v) is 16.9. The monoisotopic (exact) mass is 904 g/mol. The van der Waals surface area contributed by atoms with E-state index in [9.17, 15) is 9.90 Å². The number of rotatable bonds is 19. The van der Waals surface area contributed by atoms with Crippen molar-refractivity contribution < 1.29 is 29.0 Å². The molecule has 6 aromatic rings. The fourth-order valence-electron chi connectivity index (χ4n) is 9.22. The third kappa shape index (κ3) is 10.5. The minimum absolute atomic E-state index is 0.0174. The van der Waals surface area contributed by atoms with Gasteiger partial charge in [0.15, 0.2) is 29.2 Å². The van der Waals surface area contributed by atoms with Gasteiger partial charge in [0, 0.05) is 22.3 Å². The molecule has 0 aromatic heterocycles. The van der Waals surface area contributed by atoms with Crippen molar-refractivity contribution in [1.82, 2.24) is 0 Å². The molecule has 0 amide bonds. The summed E-state index contributed by atoms with van der Waals surface area (Å²) < 4.78 is 6.54. The molecule has 8 rings (SSSR count). The van der Waals surface area contributed by atoms with Crippen LogP contribution in [0.25, 0.3) is 36.5 Å². The van der Waals surface area contributed by atoms with Gasteiger partial charge in [0.2, 0.25) is 0 Å². The normalized spacial score (nSPS) is 18.9. The fourth-order valence-corrected chi connectivity index (χ4v) is 9.22. The van der Waals surface area contributed by atoms with Crippen molar-refractivity contribution in [3.05, 3.63) is 273 Å². The molecule has 0 spiro atoms. The molecule has 6 heteroatoms. The third-order valence-corrected chi connectivity index (χ3v) is 12.4. The Bertz CT molecular complexity index is 3040. The van der Waals surface area contributed by atoms with Crippen molar-refractivity contribution in [1.29, 1.82) is 0 Å². The van der Waals surface area contributed by atoms with Crippen molar-refractivity contribution in [2.24, 2.45) is 11.3 Å². The summed E-state index contributed by atoms with van der Waals surface area (Å²) in [6.45, 7) is 1.78. The lowest BCUT2D eigenvalue weighted by atomic mass is 9.50. The molecular formula is C63H52O6. The zero-order valence-corrected chi connectivity index (χ0v) is 38.4. The van der Waals surface area contributed by atoms with Crippen LogP contribution in [0.15, 0.2) is 240 Å². The minimum atomic E-state index is -2.56. The van der Waals surface area contributed by atoms with Crippen molar-refractivity contribution in [2.45, 2.75) is 25.4 Å². The Labute approximate surface area is 404 Å². The van der Waals surface area contributed by atoms with E-state index in [2.05, 4.69) is 0 Å². The molecule has 1 saturated carbocycles. The number of hydrogen-bond donors (Lipinski definition) is 1. The molecule has 0 saturated heterocycles. The lowest BCUT2D eigenvalue weighted by Gasteiger charge is -2.54. The zero-order chi connectivity index (χ0) is 48.1. The number of aldehydes is 1. The number of hydrogen-bond acceptors (Lipinski definition) is 6. The summed E-state index contributed by atoms with van der Waals surface area (Å²) in [5, 5.41) is 14.9. The predicted octanol–water partition coefficient (Wildman–Crippen LogP) is 12.6. The van der Waals surface area contributed by atoms with E-state index >= 15 is 14.4 Å². The average Bonchev–Trinajstić information content (AvgIpc) is 4.25. The van der Waals surface area contributed by atoms with Gasteiger partial charge in [0.05, 0.1) is 12.0 Å². The van der Waals surface area contributed by atoms with Crippen LogP contribution >= 0.6 is 0 Å². The van der Waals surface area contributed by atoms with Gasteiger partial charge in [-0.25, -0.2) is 0 Å². The van der Waals surface area contributed by atoms with Crippen LogP contribution < -0.4 is 0 Å². The molecule has 6 aromatic carbocycles. The lowest BCUT2D eigenvalue weighted by molar-refractivity contribution is -0.120. The lowest BCUT2D eigenvalue weighted by Crippen LogP contribution is -2.59. The summed E-state index contributed by atoms with van der Waals surface area (Å²) in [6.07, 6.45) is 17.5. The highest BCUT2D eigenvalue weighted by molar-refractivity contribution is 6.18. The first-order valence-corrected chi connectivity index (χ1v) is 23.2. The van der Waals surface area contributed by atoms with Crippen LogP contribution in [0, 0.1) is 11.3 Å². The van der Waals surface area contributed by atoms with E-state index in [1.807, 2.05) is 182 Å². The second-order valence-electron chi connectivity index (χ2n) is 16.9. The maximum absolute atomic E-state index is 15.9. The quantitative estimate of drug-likeness (QED) is 0.0642. The van der Waals surface area contributed by atoms with Crippen LogP contribution in [-0.4, -0.2) is 41.0 Å². The van der Waals surface area contributed by atoms with Gasteiger partial charge in [0.25, 0.3) is 0 Å². The molecule has 1 N–H and O–H groups in total. The smallest absolute Gasteiger partial charge is 0.186 e. The Hall–Kier alpha value is -8.32. The van der Waals surface area contributed by atoms with Crippen LogP contribution in [0.3, 0.4) is 0 Å². The van der Waals surface area contributed by atoms with E-state index in [1.165, 1.54) is 24.3 Å². The molecule has 0 radical (unpaired) electrons. The number of benzene rings is 6. The largest absolute Gasteiger partial charge is 0.495 e. The summed E-state index contributed by atoms with van der Waals surface area (Å²) in [5.41, 5.74) is -0.427. The van der Waals surface area contributed by atoms with Gasteiger partial charge in [-0.15, -0.1) is 0 Å². The SMILES string of the molecule is CCOC1=CC(C=O)=C(C(=Cc2ccccc2)C(=O)C=Cc2ccccc2)C(C(=Cc2ccccc2)C(=O)C=Cc2ccccc2)(C2CC2)C1(O)C(=Cc1ccccc1)C(=O)C=Cc1ccccc1. The standard InChI is InChI=1S/C63H52O6/c1-2-69-60-44-52(45-64)61(54(41-49-27-15-6-16-28-49)57(65)38-33-46-21-9-3-10-22-46)62(53-36-37-53,55(42-50-29-17-7-18-30-50)58(66)39-34-47-23-11-4-12-24-47)63(60,68)56(43-51-31-19-8-20-32-51)59(67)40-35-48-25-13-5-14-26-48/h3-35,38-45,53,68H,2,36-37H2,1H3. The molecule has 2 unspecified atom stereocenters. The third-order valence-electron chi connectivity index (χ3n) is 12.4. The summed E-state index contributed by atoms with van der Waals surface area (Å²) in [4.78, 5) is 61.1. The van der Waals surface area contributed by atoms with Crippen LogP contribution in [-0.2, 0) is 23.9 Å². The molecule has 2 aliphatic rings. The highest BCUT2D eigenvalue weighted by Gasteiger charge is 2.70. The van der Waals surface area contributed by atoms with Gasteiger partial charge >= 0.3 is 0 Å². The van der Waals surface area contributed by atoms with Crippen molar-refractivity contribution in [3.63, 3.8) is 0 Å². The number of carbonyl (C=O) groups excluding carboxylic acids is 4. The van der Waals surface area contributed by atoms with Gasteiger partial charge < -0.3 is 9.84 Å². The summed E-state index contributed by atoms with van der Waals surface area (Å²) in [7, 11) is 0. The summed E-state index contributed by atoms with van der Waals surface area (Å²) in [6, 6.07) is 55.8. The maximum atomic E-state index is 15.9. The zero-order valence-electron chi connectivity index (χ0n) is 38.4. The molecule has 2 aliphatic carbocycles. The van der Waals surface area contributed by atoms with Crippen molar-refractivity contribution >= 4 is 60.1 Å². The molecule has 69 heavy (non-hydrogen) atoms. The van der Waals surface area contributed by atoms with E-state index in [1.54, 1.807) is 43.4 Å². The number of ether oxygens (including phenoxy) is 1. The van der Waals surface area contributed by atoms with Gasteiger partial charge in [-0.1, -0.05) is 200 Å². The first-order valence-electron chi connectivity index (χ1n) is 23.2.